The molecule has 3 aromatic rings. The number of hydrogen-bond donors (Lipinski definition) is 0. The highest BCUT2D eigenvalue weighted by molar-refractivity contribution is 5.65. The Bertz CT molecular complexity index is 991. The maximum atomic E-state index is 13.1. The molecule has 4 rings (SSSR count). The molecule has 1 aliphatic rings. The molecule has 1 aliphatic carbocycles. The lowest BCUT2D eigenvalue weighted by Crippen LogP contribution is -2.04. The van der Waals surface area contributed by atoms with Gasteiger partial charge in [-0.3, -0.25) is 0 Å². The number of fused-ring (bicyclic) bond motifs is 1. The number of hydrogen-bond acceptors (Lipinski definition) is 6. The van der Waals surface area contributed by atoms with Gasteiger partial charge in [-0.25, -0.2) is 23.3 Å². The number of rotatable bonds is 6. The van der Waals surface area contributed by atoms with Crippen LogP contribution in [0.1, 0.15) is 30.7 Å². The van der Waals surface area contributed by atoms with Gasteiger partial charge < -0.3 is 9.47 Å². The normalized spacial score (nSPS) is 18.9. The van der Waals surface area contributed by atoms with E-state index in [-0.39, 0.29) is 11.9 Å². The number of aryl methyl sites for hydroxylation is 1. The number of ether oxygens (including phenoxy) is 2. The zero-order chi connectivity index (χ0) is 19.1. The van der Waals surface area contributed by atoms with E-state index in [9.17, 15) is 8.78 Å². The molecule has 142 valence electrons. The highest BCUT2D eigenvalue weighted by Crippen LogP contribution is 2.51. The number of alkyl halides is 2. The lowest BCUT2D eigenvalue weighted by Gasteiger charge is -2.09. The summed E-state index contributed by atoms with van der Waals surface area (Å²) in [5.74, 6) is -0.519. The second kappa shape index (κ2) is 6.71. The number of halogens is 2. The van der Waals surface area contributed by atoms with Gasteiger partial charge in [0.15, 0.2) is 5.65 Å². The first-order chi connectivity index (χ1) is 13.1. The van der Waals surface area contributed by atoms with Crippen LogP contribution in [0.5, 0.6) is 11.9 Å². The van der Waals surface area contributed by atoms with Crippen molar-refractivity contribution in [1.29, 1.82) is 0 Å². The lowest BCUT2D eigenvalue weighted by atomic mass is 10.1. The fourth-order valence-electron chi connectivity index (χ4n) is 3.36. The lowest BCUT2D eigenvalue weighted by molar-refractivity contribution is 0.120. The summed E-state index contributed by atoms with van der Waals surface area (Å²) in [5, 5.41) is 4.64. The molecule has 1 saturated carbocycles. The first kappa shape index (κ1) is 17.6. The molecular formula is C18H19F2N5O2. The monoisotopic (exact) mass is 375 g/mol. The first-order valence-corrected chi connectivity index (χ1v) is 8.69. The molecule has 9 heteroatoms. The third-order valence-electron chi connectivity index (χ3n) is 4.82. The SMILES string of the molecule is CCc1nc2ccc(-c3cnc(OC)nc3OC)nn2c1[C@H]1C[C@@H]1C(F)F. The zero-order valence-electron chi connectivity index (χ0n) is 15.2. The summed E-state index contributed by atoms with van der Waals surface area (Å²) in [4.78, 5) is 12.8. The van der Waals surface area contributed by atoms with Crippen LogP contribution in [-0.4, -0.2) is 45.2 Å². The molecule has 2 atom stereocenters. The highest BCUT2D eigenvalue weighted by atomic mass is 19.3. The van der Waals surface area contributed by atoms with Gasteiger partial charge in [-0.15, -0.1) is 0 Å². The fraction of sp³-hybridized carbons (Fsp3) is 0.444. The Hall–Kier alpha value is -2.84. The predicted molar refractivity (Wildman–Crippen MR) is 93.3 cm³/mol. The van der Waals surface area contributed by atoms with Crippen LogP contribution in [0.25, 0.3) is 16.9 Å². The number of imidazole rings is 1. The van der Waals surface area contributed by atoms with Crippen LogP contribution in [0.4, 0.5) is 8.78 Å². The third-order valence-corrected chi connectivity index (χ3v) is 4.82. The zero-order valence-corrected chi connectivity index (χ0v) is 15.2. The fourth-order valence-corrected chi connectivity index (χ4v) is 3.36. The topological polar surface area (TPSA) is 74.4 Å². The Morgan fingerprint density at radius 3 is 2.67 bits per heavy atom. The highest BCUT2D eigenvalue weighted by Gasteiger charge is 2.48. The van der Waals surface area contributed by atoms with Crippen molar-refractivity contribution in [3.8, 4) is 23.1 Å². The summed E-state index contributed by atoms with van der Waals surface area (Å²) in [5.41, 5.74) is 3.37. The Labute approximate surface area is 154 Å². The van der Waals surface area contributed by atoms with Crippen LogP contribution in [-0.2, 0) is 6.42 Å². The Morgan fingerprint density at radius 2 is 2.04 bits per heavy atom. The molecule has 3 heterocycles. The van der Waals surface area contributed by atoms with Crippen molar-refractivity contribution in [1.82, 2.24) is 24.6 Å². The molecule has 0 amide bonds. The Balaban J connectivity index is 1.83. The van der Waals surface area contributed by atoms with Crippen molar-refractivity contribution in [3.05, 3.63) is 29.7 Å². The van der Waals surface area contributed by atoms with Crippen LogP contribution in [0.3, 0.4) is 0 Å². The van der Waals surface area contributed by atoms with Gasteiger partial charge in [-0.2, -0.15) is 10.1 Å². The first-order valence-electron chi connectivity index (χ1n) is 8.69. The number of methoxy groups -OCH3 is 2. The smallest absolute Gasteiger partial charge is 0.319 e. The molecular weight excluding hydrogens is 356 g/mol. The molecule has 27 heavy (non-hydrogen) atoms. The summed E-state index contributed by atoms with van der Waals surface area (Å²) >= 11 is 0. The largest absolute Gasteiger partial charge is 0.480 e. The van der Waals surface area contributed by atoms with Gasteiger partial charge in [0, 0.05) is 18.0 Å². The van der Waals surface area contributed by atoms with Crippen LogP contribution in [0.15, 0.2) is 18.3 Å². The molecule has 0 spiro atoms. The van der Waals surface area contributed by atoms with Crippen LogP contribution in [0, 0.1) is 5.92 Å². The molecule has 0 aromatic carbocycles. The molecule has 0 radical (unpaired) electrons. The average molecular weight is 375 g/mol. The van der Waals surface area contributed by atoms with E-state index in [0.29, 0.717) is 35.6 Å². The molecule has 0 aliphatic heterocycles. The quantitative estimate of drug-likeness (QED) is 0.659. The van der Waals surface area contributed by atoms with Crippen LogP contribution < -0.4 is 9.47 Å². The van der Waals surface area contributed by atoms with Crippen LogP contribution in [0.2, 0.25) is 0 Å². The van der Waals surface area contributed by atoms with E-state index in [2.05, 4.69) is 20.1 Å². The number of aromatic nitrogens is 5. The van der Waals surface area contributed by atoms with E-state index >= 15 is 0 Å². The minimum atomic E-state index is -2.33. The van der Waals surface area contributed by atoms with Crippen molar-refractivity contribution in [2.45, 2.75) is 32.1 Å². The van der Waals surface area contributed by atoms with Crippen molar-refractivity contribution in [2.24, 2.45) is 5.92 Å². The molecule has 0 bridgehead atoms. The minimum absolute atomic E-state index is 0.186. The molecule has 7 nitrogen and oxygen atoms in total. The second-order valence-electron chi connectivity index (χ2n) is 6.41. The Morgan fingerprint density at radius 1 is 1.22 bits per heavy atom. The van der Waals surface area contributed by atoms with Gasteiger partial charge >= 0.3 is 6.01 Å². The molecule has 0 N–H and O–H groups in total. The van der Waals surface area contributed by atoms with Gasteiger partial charge in [0.05, 0.1) is 36.9 Å². The van der Waals surface area contributed by atoms with E-state index in [1.165, 1.54) is 14.2 Å². The molecule has 3 aromatic heterocycles. The summed E-state index contributed by atoms with van der Waals surface area (Å²) < 4.78 is 38.2. The number of nitrogens with zero attached hydrogens (tertiary/aromatic N) is 5. The minimum Gasteiger partial charge on any atom is -0.480 e. The summed E-state index contributed by atoms with van der Waals surface area (Å²) in [6, 6.07) is 3.79. The second-order valence-corrected chi connectivity index (χ2v) is 6.41. The van der Waals surface area contributed by atoms with Gasteiger partial charge in [0.2, 0.25) is 12.3 Å². The van der Waals surface area contributed by atoms with Crippen LogP contribution >= 0.6 is 0 Å². The van der Waals surface area contributed by atoms with E-state index in [4.69, 9.17) is 9.47 Å². The maximum Gasteiger partial charge on any atom is 0.319 e. The van der Waals surface area contributed by atoms with Gasteiger partial charge in [0.1, 0.15) is 0 Å². The van der Waals surface area contributed by atoms with E-state index in [0.717, 1.165) is 11.4 Å². The average Bonchev–Trinajstić information content (AvgIpc) is 3.40. The van der Waals surface area contributed by atoms with Gasteiger partial charge in [-0.05, 0) is 25.0 Å². The van der Waals surface area contributed by atoms with E-state index in [1.807, 2.05) is 13.0 Å². The standard InChI is InChI=1S/C18H19F2N5O2/c1-4-12-15(9-7-10(9)16(19)20)25-14(22-12)6-5-13(24-25)11-8-21-18(27-3)23-17(11)26-2/h5-6,8-10,16H,4,7H2,1-3H3/t9-,10-/m0/s1. The van der Waals surface area contributed by atoms with E-state index < -0.39 is 12.3 Å². The Kier molecular flexibility index (Phi) is 4.37. The van der Waals surface area contributed by atoms with Gasteiger partial charge in [0.25, 0.3) is 0 Å². The van der Waals surface area contributed by atoms with Crippen molar-refractivity contribution >= 4 is 5.65 Å². The maximum absolute atomic E-state index is 13.1. The molecule has 0 saturated heterocycles. The van der Waals surface area contributed by atoms with Crippen molar-refractivity contribution < 1.29 is 18.3 Å². The summed E-state index contributed by atoms with van der Waals surface area (Å²) in [6.45, 7) is 1.96. The summed E-state index contributed by atoms with van der Waals surface area (Å²) in [6.07, 6.45) is 0.354. The van der Waals surface area contributed by atoms with E-state index in [1.54, 1.807) is 16.8 Å². The molecule has 0 unspecified atom stereocenters. The van der Waals surface area contributed by atoms with Crippen molar-refractivity contribution in [2.75, 3.05) is 14.2 Å². The van der Waals surface area contributed by atoms with Crippen molar-refractivity contribution in [3.63, 3.8) is 0 Å². The van der Waals surface area contributed by atoms with Gasteiger partial charge in [-0.1, -0.05) is 6.92 Å². The predicted octanol–water partition coefficient (Wildman–Crippen LogP) is 3.13. The third kappa shape index (κ3) is 2.96. The molecule has 1 fully saturated rings. The summed E-state index contributed by atoms with van der Waals surface area (Å²) in [7, 11) is 2.97.